The number of hydrogen-bond donors (Lipinski definition) is 0. The fourth-order valence-electron chi connectivity index (χ4n) is 1.57. The van der Waals surface area contributed by atoms with Crippen molar-refractivity contribution in [3.8, 4) is 0 Å². The van der Waals surface area contributed by atoms with E-state index < -0.39 is 5.97 Å². The van der Waals surface area contributed by atoms with Crippen LogP contribution in [0.1, 0.15) is 34.9 Å². The summed E-state index contributed by atoms with van der Waals surface area (Å²) in [6, 6.07) is 3.62. The van der Waals surface area contributed by atoms with Gasteiger partial charge in [-0.1, -0.05) is 0 Å². The predicted octanol–water partition coefficient (Wildman–Crippen LogP) is 3.17. The number of aromatic nitrogens is 1. The molecule has 0 amide bonds. The van der Waals surface area contributed by atoms with Gasteiger partial charge in [0.2, 0.25) is 5.78 Å². The lowest BCUT2D eigenvalue weighted by Gasteiger charge is -2.01. The average Bonchev–Trinajstić information content (AvgIpc) is 2.92. The summed E-state index contributed by atoms with van der Waals surface area (Å²) >= 11 is 2.68. The van der Waals surface area contributed by atoms with E-state index in [2.05, 4.69) is 4.98 Å². The van der Waals surface area contributed by atoms with Gasteiger partial charge in [-0.05, 0) is 32.9 Å². The molecule has 0 saturated heterocycles. The molecule has 0 aliphatic carbocycles. The summed E-state index contributed by atoms with van der Waals surface area (Å²) in [5, 5.41) is 0.810. The van der Waals surface area contributed by atoms with Crippen LogP contribution in [-0.2, 0) is 4.74 Å². The molecular formula is C13H13NO3S2. The zero-order chi connectivity index (χ0) is 14.0. The molecule has 4 nitrogen and oxygen atoms in total. The SMILES string of the molecule is Cc1ccc(C(=O)COC(=O)c2sc(C)nc2C)s1. The highest BCUT2D eigenvalue weighted by atomic mass is 32.1. The molecule has 2 heterocycles. The van der Waals surface area contributed by atoms with Crippen LogP contribution in [0.5, 0.6) is 0 Å². The van der Waals surface area contributed by atoms with Gasteiger partial charge < -0.3 is 4.74 Å². The van der Waals surface area contributed by atoms with Gasteiger partial charge in [-0.3, -0.25) is 4.79 Å². The Morgan fingerprint density at radius 3 is 2.47 bits per heavy atom. The van der Waals surface area contributed by atoms with Gasteiger partial charge in [0.1, 0.15) is 4.88 Å². The first-order valence-corrected chi connectivity index (χ1v) is 7.31. The lowest BCUT2D eigenvalue weighted by atomic mass is 10.3. The summed E-state index contributed by atoms with van der Waals surface area (Å²) in [6.45, 7) is 5.28. The standard InChI is InChI=1S/C13H13NO3S2/c1-7-4-5-11(18-7)10(15)6-17-13(16)12-8(2)14-9(3)19-12/h4-5H,6H2,1-3H3. The van der Waals surface area contributed by atoms with Crippen molar-refractivity contribution in [1.82, 2.24) is 4.98 Å². The minimum Gasteiger partial charge on any atom is -0.453 e. The Morgan fingerprint density at radius 1 is 1.21 bits per heavy atom. The molecule has 19 heavy (non-hydrogen) atoms. The second kappa shape index (κ2) is 5.63. The molecule has 0 atom stereocenters. The number of ether oxygens (including phenoxy) is 1. The topological polar surface area (TPSA) is 56.3 Å². The minimum atomic E-state index is -0.482. The third-order valence-corrected chi connectivity index (χ3v) is 4.53. The van der Waals surface area contributed by atoms with Crippen LogP contribution >= 0.6 is 22.7 Å². The lowest BCUT2D eigenvalue weighted by Crippen LogP contribution is -2.13. The Hall–Kier alpha value is -1.53. The van der Waals surface area contributed by atoms with E-state index >= 15 is 0 Å². The Kier molecular flexibility index (Phi) is 4.11. The summed E-state index contributed by atoms with van der Waals surface area (Å²) in [5.41, 5.74) is 0.645. The third-order valence-electron chi connectivity index (χ3n) is 2.44. The number of esters is 1. The zero-order valence-electron chi connectivity index (χ0n) is 10.9. The number of aryl methyl sites for hydroxylation is 3. The van der Waals surface area contributed by atoms with E-state index in [-0.39, 0.29) is 12.4 Å². The molecule has 2 aromatic heterocycles. The van der Waals surface area contributed by atoms with E-state index in [4.69, 9.17) is 4.74 Å². The summed E-state index contributed by atoms with van der Waals surface area (Å²) in [7, 11) is 0. The highest BCUT2D eigenvalue weighted by Crippen LogP contribution is 2.19. The first kappa shape index (κ1) is 13.9. The maximum absolute atomic E-state index is 11.8. The molecule has 0 N–H and O–H groups in total. The number of ketones is 1. The highest BCUT2D eigenvalue weighted by molar-refractivity contribution is 7.14. The molecule has 0 unspecified atom stereocenters. The van der Waals surface area contributed by atoms with Crippen LogP contribution in [-0.4, -0.2) is 23.3 Å². The largest absolute Gasteiger partial charge is 0.453 e. The van der Waals surface area contributed by atoms with Gasteiger partial charge in [-0.2, -0.15) is 0 Å². The van der Waals surface area contributed by atoms with Crippen molar-refractivity contribution in [2.24, 2.45) is 0 Å². The maximum Gasteiger partial charge on any atom is 0.350 e. The molecule has 6 heteroatoms. The van der Waals surface area contributed by atoms with Gasteiger partial charge in [0.05, 0.1) is 15.6 Å². The van der Waals surface area contributed by atoms with Gasteiger partial charge in [0.25, 0.3) is 0 Å². The van der Waals surface area contributed by atoms with Crippen molar-refractivity contribution in [3.05, 3.63) is 37.5 Å². The summed E-state index contributed by atoms with van der Waals surface area (Å²) in [5.74, 6) is -0.657. The van der Waals surface area contributed by atoms with Gasteiger partial charge in [0, 0.05) is 4.88 Å². The number of carbonyl (C=O) groups is 2. The monoisotopic (exact) mass is 295 g/mol. The minimum absolute atomic E-state index is 0.176. The summed E-state index contributed by atoms with van der Waals surface area (Å²) < 4.78 is 5.04. The molecule has 0 fully saturated rings. The molecule has 2 rings (SSSR count). The number of rotatable bonds is 4. The van der Waals surface area contributed by atoms with Crippen molar-refractivity contribution in [2.45, 2.75) is 20.8 Å². The van der Waals surface area contributed by atoms with Crippen LogP contribution < -0.4 is 0 Å². The second-order valence-corrected chi connectivity index (χ2v) is 6.55. The van der Waals surface area contributed by atoms with E-state index in [1.165, 1.54) is 22.7 Å². The van der Waals surface area contributed by atoms with Crippen molar-refractivity contribution >= 4 is 34.4 Å². The van der Waals surface area contributed by atoms with Crippen molar-refractivity contribution in [1.29, 1.82) is 0 Å². The zero-order valence-corrected chi connectivity index (χ0v) is 12.5. The number of Topliss-reactive ketones (excluding diaryl/α,β-unsaturated/α-hetero) is 1. The lowest BCUT2D eigenvalue weighted by molar-refractivity contribution is 0.0479. The first-order valence-electron chi connectivity index (χ1n) is 5.68. The first-order chi connectivity index (χ1) is 8.97. The highest BCUT2D eigenvalue weighted by Gasteiger charge is 2.17. The second-order valence-electron chi connectivity index (χ2n) is 4.06. The molecule has 0 aromatic carbocycles. The Balaban J connectivity index is 1.97. The number of nitrogens with zero attached hydrogens (tertiary/aromatic N) is 1. The predicted molar refractivity (Wildman–Crippen MR) is 75.3 cm³/mol. The van der Waals surface area contributed by atoms with E-state index in [0.717, 1.165) is 9.88 Å². The van der Waals surface area contributed by atoms with E-state index in [1.54, 1.807) is 13.0 Å². The normalized spacial score (nSPS) is 10.5. The molecule has 0 aliphatic heterocycles. The van der Waals surface area contributed by atoms with Crippen molar-refractivity contribution in [2.75, 3.05) is 6.61 Å². The quantitative estimate of drug-likeness (QED) is 0.642. The van der Waals surface area contributed by atoms with Crippen LogP contribution in [0.2, 0.25) is 0 Å². The molecule has 0 aliphatic rings. The fourth-order valence-corrected chi connectivity index (χ4v) is 3.18. The molecule has 0 radical (unpaired) electrons. The van der Waals surface area contributed by atoms with Crippen molar-refractivity contribution in [3.63, 3.8) is 0 Å². The Morgan fingerprint density at radius 2 is 1.95 bits per heavy atom. The number of thiophene rings is 1. The van der Waals surface area contributed by atoms with Crippen LogP contribution in [0.4, 0.5) is 0 Å². The summed E-state index contributed by atoms with van der Waals surface area (Å²) in [4.78, 5) is 29.9. The molecular weight excluding hydrogens is 282 g/mol. The van der Waals surface area contributed by atoms with Gasteiger partial charge in [-0.15, -0.1) is 22.7 Å². The van der Waals surface area contributed by atoms with Gasteiger partial charge in [0.15, 0.2) is 6.61 Å². The van der Waals surface area contributed by atoms with Crippen LogP contribution in [0.3, 0.4) is 0 Å². The molecule has 0 bridgehead atoms. The van der Waals surface area contributed by atoms with Gasteiger partial charge >= 0.3 is 5.97 Å². The van der Waals surface area contributed by atoms with Crippen LogP contribution in [0.25, 0.3) is 0 Å². The molecule has 100 valence electrons. The smallest absolute Gasteiger partial charge is 0.350 e. The van der Waals surface area contributed by atoms with Gasteiger partial charge in [-0.25, -0.2) is 9.78 Å². The summed E-state index contributed by atoms with van der Waals surface area (Å²) in [6.07, 6.45) is 0. The maximum atomic E-state index is 11.8. The number of hydrogen-bond acceptors (Lipinski definition) is 6. The number of thiazole rings is 1. The molecule has 0 saturated carbocycles. The van der Waals surface area contributed by atoms with E-state index in [0.29, 0.717) is 15.4 Å². The van der Waals surface area contributed by atoms with Crippen LogP contribution in [0, 0.1) is 20.8 Å². The fraction of sp³-hybridized carbons (Fsp3) is 0.308. The number of carbonyl (C=O) groups excluding carboxylic acids is 2. The Bertz CT molecular complexity index is 628. The molecule has 0 spiro atoms. The van der Waals surface area contributed by atoms with Crippen LogP contribution in [0.15, 0.2) is 12.1 Å². The average molecular weight is 295 g/mol. The van der Waals surface area contributed by atoms with E-state index in [9.17, 15) is 9.59 Å². The Labute approximate surface area is 119 Å². The third kappa shape index (κ3) is 3.27. The van der Waals surface area contributed by atoms with E-state index in [1.807, 2.05) is 19.9 Å². The van der Waals surface area contributed by atoms with Crippen molar-refractivity contribution < 1.29 is 14.3 Å². The molecule has 2 aromatic rings.